The van der Waals surface area contributed by atoms with Gasteiger partial charge in [-0.2, -0.15) is 11.8 Å². The number of carbonyl (C=O) groups excluding carboxylic acids is 1. The highest BCUT2D eigenvalue weighted by Crippen LogP contribution is 2.21. The summed E-state index contributed by atoms with van der Waals surface area (Å²) in [5.41, 5.74) is 1.92. The van der Waals surface area contributed by atoms with Crippen LogP contribution in [-0.4, -0.2) is 34.6 Å². The number of likely N-dealkylation sites (tertiary alicyclic amines) is 1. The number of piperidine rings is 1. The minimum atomic E-state index is 0.294. The van der Waals surface area contributed by atoms with E-state index in [4.69, 9.17) is 4.42 Å². The van der Waals surface area contributed by atoms with Crippen LogP contribution in [-0.2, 0) is 10.5 Å². The molecule has 0 bridgehead atoms. The molecular formula is C18H22N2O2S. The molecule has 2 aromatic rings. The Morgan fingerprint density at radius 3 is 2.74 bits per heavy atom. The molecule has 23 heavy (non-hydrogen) atoms. The lowest BCUT2D eigenvalue weighted by Gasteiger charge is -2.26. The summed E-state index contributed by atoms with van der Waals surface area (Å²) in [4.78, 5) is 18.6. The predicted molar refractivity (Wildman–Crippen MR) is 93.1 cm³/mol. The van der Waals surface area contributed by atoms with Crippen molar-refractivity contribution < 1.29 is 9.21 Å². The van der Waals surface area contributed by atoms with Crippen LogP contribution in [0.25, 0.3) is 11.5 Å². The lowest BCUT2D eigenvalue weighted by atomic mass is 10.1. The summed E-state index contributed by atoms with van der Waals surface area (Å²) in [7, 11) is 0. The largest absolute Gasteiger partial charge is 0.444 e. The van der Waals surface area contributed by atoms with Gasteiger partial charge in [0.1, 0.15) is 6.26 Å². The van der Waals surface area contributed by atoms with Gasteiger partial charge in [0.25, 0.3) is 0 Å². The second-order valence-electron chi connectivity index (χ2n) is 5.75. The van der Waals surface area contributed by atoms with Gasteiger partial charge < -0.3 is 9.32 Å². The highest BCUT2D eigenvalue weighted by Gasteiger charge is 2.15. The normalized spacial score (nSPS) is 14.9. The average Bonchev–Trinajstić information content (AvgIpc) is 3.09. The number of amides is 1. The third-order valence-corrected chi connectivity index (χ3v) is 4.98. The zero-order chi connectivity index (χ0) is 15.9. The van der Waals surface area contributed by atoms with Gasteiger partial charge >= 0.3 is 0 Å². The minimum Gasteiger partial charge on any atom is -0.444 e. The minimum absolute atomic E-state index is 0.294. The van der Waals surface area contributed by atoms with E-state index in [1.54, 1.807) is 18.0 Å². The molecule has 1 saturated heterocycles. The molecule has 3 rings (SSSR count). The fourth-order valence-corrected chi connectivity index (χ4v) is 3.53. The van der Waals surface area contributed by atoms with E-state index in [9.17, 15) is 4.79 Å². The lowest BCUT2D eigenvalue weighted by molar-refractivity contribution is -0.131. The second-order valence-corrected chi connectivity index (χ2v) is 6.86. The SMILES string of the molecule is O=C(CCSCc1coc(-c2ccccc2)n1)N1CCCCC1. The van der Waals surface area contributed by atoms with Gasteiger partial charge in [0.15, 0.2) is 0 Å². The van der Waals surface area contributed by atoms with Gasteiger partial charge in [0.2, 0.25) is 11.8 Å². The number of benzene rings is 1. The molecule has 1 aromatic carbocycles. The summed E-state index contributed by atoms with van der Waals surface area (Å²) in [6.45, 7) is 1.88. The van der Waals surface area contributed by atoms with Gasteiger partial charge in [-0.05, 0) is 31.4 Å². The van der Waals surface area contributed by atoms with E-state index in [-0.39, 0.29) is 0 Å². The molecule has 1 aromatic heterocycles. The summed E-state index contributed by atoms with van der Waals surface area (Å²) in [5, 5.41) is 0. The van der Waals surface area contributed by atoms with E-state index in [1.165, 1.54) is 6.42 Å². The first-order chi connectivity index (χ1) is 11.3. The number of hydrogen-bond donors (Lipinski definition) is 0. The van der Waals surface area contributed by atoms with Crippen LogP contribution in [0.2, 0.25) is 0 Å². The molecule has 1 aliphatic rings. The number of hydrogen-bond acceptors (Lipinski definition) is 4. The van der Waals surface area contributed by atoms with Crippen molar-refractivity contribution in [2.24, 2.45) is 0 Å². The van der Waals surface area contributed by atoms with Crippen LogP contribution in [0.1, 0.15) is 31.4 Å². The molecule has 0 aliphatic carbocycles. The van der Waals surface area contributed by atoms with Gasteiger partial charge in [0.05, 0.1) is 5.69 Å². The monoisotopic (exact) mass is 330 g/mol. The molecule has 0 radical (unpaired) electrons. The Labute approximate surface area is 141 Å². The highest BCUT2D eigenvalue weighted by atomic mass is 32.2. The molecule has 4 nitrogen and oxygen atoms in total. The van der Waals surface area contributed by atoms with Crippen LogP contribution in [0, 0.1) is 0 Å². The Hall–Kier alpha value is -1.75. The molecule has 0 N–H and O–H groups in total. The smallest absolute Gasteiger partial charge is 0.226 e. The lowest BCUT2D eigenvalue weighted by Crippen LogP contribution is -2.35. The Bertz CT molecular complexity index is 621. The van der Waals surface area contributed by atoms with Crippen LogP contribution in [0.4, 0.5) is 0 Å². The number of nitrogens with zero attached hydrogens (tertiary/aromatic N) is 2. The molecule has 0 unspecified atom stereocenters. The number of thioether (sulfide) groups is 1. The average molecular weight is 330 g/mol. The molecule has 1 aliphatic heterocycles. The van der Waals surface area contributed by atoms with Crippen molar-refractivity contribution in [1.82, 2.24) is 9.88 Å². The molecule has 0 atom stereocenters. The molecule has 1 amide bonds. The maximum Gasteiger partial charge on any atom is 0.226 e. The quantitative estimate of drug-likeness (QED) is 0.752. The van der Waals surface area contributed by atoms with Gasteiger partial charge in [-0.25, -0.2) is 4.98 Å². The first-order valence-electron chi connectivity index (χ1n) is 8.18. The summed E-state index contributed by atoms with van der Waals surface area (Å²) < 4.78 is 5.52. The second kappa shape index (κ2) is 8.20. The first kappa shape index (κ1) is 16.1. The van der Waals surface area contributed by atoms with Crippen LogP contribution in [0.5, 0.6) is 0 Å². The van der Waals surface area contributed by atoms with E-state index in [1.807, 2.05) is 35.2 Å². The van der Waals surface area contributed by atoms with Crippen LogP contribution in [0.3, 0.4) is 0 Å². The van der Waals surface area contributed by atoms with Crippen LogP contribution >= 0.6 is 11.8 Å². The number of rotatable bonds is 6. The van der Waals surface area contributed by atoms with E-state index in [0.717, 1.165) is 48.7 Å². The van der Waals surface area contributed by atoms with Crippen molar-refractivity contribution in [2.75, 3.05) is 18.8 Å². The van der Waals surface area contributed by atoms with Gasteiger partial charge in [0, 0.05) is 36.6 Å². The van der Waals surface area contributed by atoms with Crippen LogP contribution in [0.15, 0.2) is 41.0 Å². The molecule has 2 heterocycles. The van der Waals surface area contributed by atoms with Crippen molar-refractivity contribution in [2.45, 2.75) is 31.4 Å². The maximum absolute atomic E-state index is 12.1. The summed E-state index contributed by atoms with van der Waals surface area (Å²) in [6.07, 6.45) is 5.89. The summed E-state index contributed by atoms with van der Waals surface area (Å²) >= 11 is 1.74. The zero-order valence-corrected chi connectivity index (χ0v) is 14.1. The summed E-state index contributed by atoms with van der Waals surface area (Å²) in [6, 6.07) is 9.89. The topological polar surface area (TPSA) is 46.3 Å². The van der Waals surface area contributed by atoms with Gasteiger partial charge in [-0.15, -0.1) is 0 Å². The number of aromatic nitrogens is 1. The predicted octanol–water partition coefficient (Wildman–Crippen LogP) is 3.98. The van der Waals surface area contributed by atoms with Gasteiger partial charge in [-0.3, -0.25) is 4.79 Å². The molecule has 122 valence electrons. The van der Waals surface area contributed by atoms with E-state index < -0.39 is 0 Å². The van der Waals surface area contributed by atoms with Crippen molar-refractivity contribution in [3.05, 3.63) is 42.3 Å². The Balaban J connectivity index is 1.41. The Morgan fingerprint density at radius 1 is 1.17 bits per heavy atom. The Morgan fingerprint density at radius 2 is 1.96 bits per heavy atom. The molecule has 0 saturated carbocycles. The molecule has 1 fully saturated rings. The highest BCUT2D eigenvalue weighted by molar-refractivity contribution is 7.98. The number of carbonyl (C=O) groups is 1. The van der Waals surface area contributed by atoms with E-state index in [0.29, 0.717) is 18.2 Å². The van der Waals surface area contributed by atoms with Crippen molar-refractivity contribution in [3.63, 3.8) is 0 Å². The first-order valence-corrected chi connectivity index (χ1v) is 9.34. The Kier molecular flexibility index (Phi) is 5.75. The van der Waals surface area contributed by atoms with E-state index in [2.05, 4.69) is 4.98 Å². The molecule has 0 spiro atoms. The third kappa shape index (κ3) is 4.61. The zero-order valence-electron chi connectivity index (χ0n) is 13.2. The van der Waals surface area contributed by atoms with E-state index >= 15 is 0 Å². The number of oxazole rings is 1. The molecule has 5 heteroatoms. The summed E-state index contributed by atoms with van der Waals surface area (Å²) in [5.74, 6) is 2.57. The third-order valence-electron chi connectivity index (χ3n) is 3.99. The maximum atomic E-state index is 12.1. The van der Waals surface area contributed by atoms with Crippen molar-refractivity contribution in [1.29, 1.82) is 0 Å². The fraction of sp³-hybridized carbons (Fsp3) is 0.444. The van der Waals surface area contributed by atoms with Gasteiger partial charge in [-0.1, -0.05) is 18.2 Å². The van der Waals surface area contributed by atoms with Crippen LogP contribution < -0.4 is 0 Å². The fourth-order valence-electron chi connectivity index (χ4n) is 2.72. The van der Waals surface area contributed by atoms with Crippen molar-refractivity contribution >= 4 is 17.7 Å². The van der Waals surface area contributed by atoms with Crippen molar-refractivity contribution in [3.8, 4) is 11.5 Å². The molecular weight excluding hydrogens is 308 g/mol. The standard InChI is InChI=1S/C18H22N2O2S/c21-17(20-10-5-2-6-11-20)9-12-23-14-16-13-22-18(19-16)15-7-3-1-4-8-15/h1,3-4,7-8,13H,2,5-6,9-12,14H2.